The first-order chi connectivity index (χ1) is 9.32. The van der Waals surface area contributed by atoms with Crippen LogP contribution in [-0.2, 0) is 5.41 Å². The largest absolute Gasteiger partial charge is 0.370 e. The van der Waals surface area contributed by atoms with Crippen LogP contribution in [0.1, 0.15) is 44.6 Å². The highest BCUT2D eigenvalue weighted by molar-refractivity contribution is 5.52. The van der Waals surface area contributed by atoms with E-state index in [1.165, 1.54) is 0 Å². The fraction of sp³-hybridized carbons (Fsp3) is 0.533. The summed E-state index contributed by atoms with van der Waals surface area (Å²) in [6.45, 7) is 13.3. The summed E-state index contributed by atoms with van der Waals surface area (Å²) in [6.07, 6.45) is 3.82. The van der Waals surface area contributed by atoms with E-state index in [-0.39, 0.29) is 5.41 Å². The van der Waals surface area contributed by atoms with Crippen LogP contribution in [0.2, 0.25) is 0 Å². The Bertz CT molecular complexity index is 607. The third-order valence-electron chi connectivity index (χ3n) is 3.06. The molecule has 0 saturated heterocycles. The topological polar surface area (TPSA) is 55.6 Å². The molecule has 5 nitrogen and oxygen atoms in total. The molecule has 108 valence electrons. The third-order valence-corrected chi connectivity index (χ3v) is 3.06. The maximum Gasteiger partial charge on any atom is 0.162 e. The van der Waals surface area contributed by atoms with Gasteiger partial charge in [0.1, 0.15) is 11.6 Å². The molecule has 2 aromatic heterocycles. The molecule has 2 heterocycles. The molecule has 0 unspecified atom stereocenters. The zero-order chi connectivity index (χ0) is 14.9. The molecule has 0 spiro atoms. The fourth-order valence-corrected chi connectivity index (χ4v) is 1.93. The summed E-state index contributed by atoms with van der Waals surface area (Å²) in [5.41, 5.74) is 2.03. The number of hydrogen-bond donors (Lipinski definition) is 1. The Hall–Kier alpha value is -1.91. The van der Waals surface area contributed by atoms with Crippen LogP contribution in [0, 0.1) is 13.8 Å². The maximum atomic E-state index is 4.72. The molecular weight excluding hydrogens is 250 g/mol. The molecule has 0 fully saturated rings. The van der Waals surface area contributed by atoms with Gasteiger partial charge in [-0.2, -0.15) is 5.10 Å². The molecule has 1 N–H and O–H groups in total. The van der Waals surface area contributed by atoms with Crippen molar-refractivity contribution in [2.24, 2.45) is 0 Å². The fourth-order valence-electron chi connectivity index (χ4n) is 1.93. The van der Waals surface area contributed by atoms with Crippen LogP contribution >= 0.6 is 0 Å². The highest BCUT2D eigenvalue weighted by Gasteiger charge is 2.21. The molecule has 2 aromatic rings. The summed E-state index contributed by atoms with van der Waals surface area (Å²) in [5.74, 6) is 2.55. The van der Waals surface area contributed by atoms with Gasteiger partial charge in [-0.3, -0.25) is 0 Å². The van der Waals surface area contributed by atoms with Crippen LogP contribution in [0.3, 0.4) is 0 Å². The number of nitrogens with zero attached hydrogens (tertiary/aromatic N) is 4. The van der Waals surface area contributed by atoms with E-state index in [1.807, 2.05) is 30.9 Å². The van der Waals surface area contributed by atoms with E-state index in [4.69, 9.17) is 4.98 Å². The lowest BCUT2D eigenvalue weighted by Crippen LogP contribution is -2.20. The van der Waals surface area contributed by atoms with E-state index in [9.17, 15) is 0 Å². The zero-order valence-electron chi connectivity index (χ0n) is 13.2. The molecule has 0 aliphatic rings. The summed E-state index contributed by atoms with van der Waals surface area (Å²) >= 11 is 0. The monoisotopic (exact) mass is 273 g/mol. The first-order valence-electron chi connectivity index (χ1n) is 6.97. The van der Waals surface area contributed by atoms with Crippen LogP contribution in [0.4, 0.5) is 5.82 Å². The molecule has 0 amide bonds. The molecule has 0 atom stereocenters. The number of anilines is 1. The SMILES string of the molecule is CCNc1nc(C(C)(C)C)nc(-n2cc(C)cn2)c1C. The smallest absolute Gasteiger partial charge is 0.162 e. The summed E-state index contributed by atoms with van der Waals surface area (Å²) in [6, 6.07) is 0. The maximum absolute atomic E-state index is 4.72. The van der Waals surface area contributed by atoms with E-state index in [0.29, 0.717) is 0 Å². The first-order valence-corrected chi connectivity index (χ1v) is 6.97. The Labute approximate surface area is 120 Å². The summed E-state index contributed by atoms with van der Waals surface area (Å²) < 4.78 is 1.82. The quantitative estimate of drug-likeness (QED) is 0.934. The average molecular weight is 273 g/mol. The molecule has 0 bridgehead atoms. The van der Waals surface area contributed by atoms with E-state index < -0.39 is 0 Å². The van der Waals surface area contributed by atoms with Crippen LogP contribution in [0.5, 0.6) is 0 Å². The minimum atomic E-state index is -0.102. The molecule has 20 heavy (non-hydrogen) atoms. The second-order valence-corrected chi connectivity index (χ2v) is 6.09. The minimum Gasteiger partial charge on any atom is -0.370 e. The first kappa shape index (κ1) is 14.5. The summed E-state index contributed by atoms with van der Waals surface area (Å²) in [7, 11) is 0. The highest BCUT2D eigenvalue weighted by Crippen LogP contribution is 2.25. The van der Waals surface area contributed by atoms with Gasteiger partial charge in [0.15, 0.2) is 5.82 Å². The van der Waals surface area contributed by atoms with Crippen LogP contribution in [0.25, 0.3) is 5.82 Å². The van der Waals surface area contributed by atoms with Crippen molar-refractivity contribution >= 4 is 5.82 Å². The van der Waals surface area contributed by atoms with E-state index in [2.05, 4.69) is 43.1 Å². The Morgan fingerprint density at radius 2 is 1.90 bits per heavy atom. The Morgan fingerprint density at radius 3 is 2.40 bits per heavy atom. The zero-order valence-corrected chi connectivity index (χ0v) is 13.2. The van der Waals surface area contributed by atoms with Crippen molar-refractivity contribution in [3.8, 4) is 5.82 Å². The van der Waals surface area contributed by atoms with Gasteiger partial charge < -0.3 is 5.32 Å². The van der Waals surface area contributed by atoms with Crippen molar-refractivity contribution in [1.82, 2.24) is 19.7 Å². The highest BCUT2D eigenvalue weighted by atomic mass is 15.3. The van der Waals surface area contributed by atoms with E-state index >= 15 is 0 Å². The molecule has 5 heteroatoms. The van der Waals surface area contributed by atoms with Gasteiger partial charge in [-0.15, -0.1) is 0 Å². The van der Waals surface area contributed by atoms with Crippen LogP contribution in [0.15, 0.2) is 12.4 Å². The van der Waals surface area contributed by atoms with Crippen molar-refractivity contribution in [3.05, 3.63) is 29.3 Å². The van der Waals surface area contributed by atoms with E-state index in [1.54, 1.807) is 0 Å². The number of hydrogen-bond acceptors (Lipinski definition) is 4. The summed E-state index contributed by atoms with van der Waals surface area (Å²) in [4.78, 5) is 9.38. The van der Waals surface area contributed by atoms with Crippen molar-refractivity contribution in [3.63, 3.8) is 0 Å². The lowest BCUT2D eigenvalue weighted by Gasteiger charge is -2.20. The van der Waals surface area contributed by atoms with Gasteiger partial charge in [-0.05, 0) is 26.3 Å². The Morgan fingerprint density at radius 1 is 1.20 bits per heavy atom. The Kier molecular flexibility index (Phi) is 3.79. The van der Waals surface area contributed by atoms with Crippen LogP contribution < -0.4 is 5.32 Å². The van der Waals surface area contributed by atoms with Crippen molar-refractivity contribution in [2.75, 3.05) is 11.9 Å². The molecule has 0 radical (unpaired) electrons. The Balaban J connectivity index is 2.63. The van der Waals surface area contributed by atoms with Crippen LogP contribution in [-0.4, -0.2) is 26.3 Å². The van der Waals surface area contributed by atoms with Gasteiger partial charge >= 0.3 is 0 Å². The third kappa shape index (κ3) is 2.81. The standard InChI is InChI=1S/C15H23N5/c1-7-16-12-11(3)13(20-9-10(2)8-17-20)19-14(18-12)15(4,5)6/h8-9H,7H2,1-6H3,(H,16,18,19). The molecule has 2 rings (SSSR count). The van der Waals surface area contributed by atoms with Crippen molar-refractivity contribution in [1.29, 1.82) is 0 Å². The number of aryl methyl sites for hydroxylation is 1. The predicted molar refractivity (Wildman–Crippen MR) is 81.5 cm³/mol. The molecular formula is C15H23N5. The number of aromatic nitrogens is 4. The van der Waals surface area contributed by atoms with Gasteiger partial charge in [-0.1, -0.05) is 20.8 Å². The van der Waals surface area contributed by atoms with Crippen molar-refractivity contribution in [2.45, 2.75) is 47.0 Å². The number of rotatable bonds is 3. The van der Waals surface area contributed by atoms with Gasteiger partial charge in [0.25, 0.3) is 0 Å². The lowest BCUT2D eigenvalue weighted by molar-refractivity contribution is 0.542. The van der Waals surface area contributed by atoms with Gasteiger partial charge in [0, 0.05) is 23.7 Å². The molecule has 0 aliphatic carbocycles. The molecule has 0 aliphatic heterocycles. The predicted octanol–water partition coefficient (Wildman–Crippen LogP) is 3.01. The summed E-state index contributed by atoms with van der Waals surface area (Å²) in [5, 5.41) is 7.68. The van der Waals surface area contributed by atoms with Gasteiger partial charge in [0.2, 0.25) is 0 Å². The molecule has 0 aromatic carbocycles. The average Bonchev–Trinajstić information content (AvgIpc) is 2.77. The van der Waals surface area contributed by atoms with Gasteiger partial charge in [-0.25, -0.2) is 14.6 Å². The van der Waals surface area contributed by atoms with E-state index in [0.717, 1.165) is 35.1 Å². The molecule has 0 saturated carbocycles. The minimum absolute atomic E-state index is 0.102. The second-order valence-electron chi connectivity index (χ2n) is 6.09. The lowest BCUT2D eigenvalue weighted by atomic mass is 9.95. The van der Waals surface area contributed by atoms with Gasteiger partial charge in [0.05, 0.1) is 6.20 Å². The second kappa shape index (κ2) is 5.23. The normalized spacial score (nSPS) is 11.7. The number of nitrogens with one attached hydrogen (secondary N) is 1. The van der Waals surface area contributed by atoms with Crippen molar-refractivity contribution < 1.29 is 0 Å².